The van der Waals surface area contributed by atoms with Gasteiger partial charge in [-0.05, 0) is 41.3 Å². The highest BCUT2D eigenvalue weighted by Crippen LogP contribution is 2.25. The molecule has 3 rings (SSSR count). The summed E-state index contributed by atoms with van der Waals surface area (Å²) >= 11 is 0. The highest BCUT2D eigenvalue weighted by atomic mass is 16.5. The first-order chi connectivity index (χ1) is 11.3. The molecular weight excluding hydrogens is 284 g/mol. The molecule has 3 aromatic rings. The van der Waals surface area contributed by atoms with Crippen molar-refractivity contribution in [1.82, 2.24) is 0 Å². The minimum atomic E-state index is -0.279. The summed E-state index contributed by atoms with van der Waals surface area (Å²) in [7, 11) is 0. The largest absolute Gasteiger partial charge is 0.423 e. The summed E-state index contributed by atoms with van der Waals surface area (Å²) < 4.78 is 5.59. The predicted molar refractivity (Wildman–Crippen MR) is 94.0 cm³/mol. The molecule has 0 aliphatic heterocycles. The van der Waals surface area contributed by atoms with E-state index in [1.165, 1.54) is 0 Å². The summed E-state index contributed by atoms with van der Waals surface area (Å²) in [5, 5.41) is 2.02. The molecule has 0 radical (unpaired) electrons. The minimum absolute atomic E-state index is 0.279. The van der Waals surface area contributed by atoms with E-state index in [2.05, 4.69) is 19.1 Å². The lowest BCUT2D eigenvalue weighted by atomic mass is 9.95. The van der Waals surface area contributed by atoms with Gasteiger partial charge in [-0.1, -0.05) is 67.9 Å². The lowest BCUT2D eigenvalue weighted by Crippen LogP contribution is -2.12. The third-order valence-electron chi connectivity index (χ3n) is 3.97. The molecule has 2 nitrogen and oxygen atoms in total. The van der Waals surface area contributed by atoms with Crippen LogP contribution in [-0.2, 0) is 6.42 Å². The molecule has 0 N–H and O–H groups in total. The van der Waals surface area contributed by atoms with Crippen molar-refractivity contribution in [1.29, 1.82) is 0 Å². The Hall–Kier alpha value is -2.61. The van der Waals surface area contributed by atoms with Crippen LogP contribution < -0.4 is 4.74 Å². The van der Waals surface area contributed by atoms with E-state index in [0.717, 1.165) is 35.6 Å². The number of esters is 1. The van der Waals surface area contributed by atoms with E-state index in [1.54, 1.807) is 12.1 Å². The van der Waals surface area contributed by atoms with E-state index in [-0.39, 0.29) is 5.97 Å². The van der Waals surface area contributed by atoms with E-state index >= 15 is 0 Å². The Balaban J connectivity index is 2.03. The summed E-state index contributed by atoms with van der Waals surface area (Å²) in [5.41, 5.74) is 1.76. The molecule has 0 saturated carbocycles. The number of carbonyl (C=O) groups excluding carboxylic acids is 1. The number of fused-ring (bicyclic) bond motifs is 1. The van der Waals surface area contributed by atoms with Crippen molar-refractivity contribution >= 4 is 16.7 Å². The summed E-state index contributed by atoms with van der Waals surface area (Å²) in [4.78, 5) is 12.8. The third-order valence-corrected chi connectivity index (χ3v) is 3.97. The molecule has 0 unspecified atom stereocenters. The number of aryl methyl sites for hydroxylation is 1. The average Bonchev–Trinajstić information content (AvgIpc) is 2.60. The number of para-hydroxylation sites is 1. The highest BCUT2D eigenvalue weighted by molar-refractivity contribution is 6.06. The van der Waals surface area contributed by atoms with Gasteiger partial charge < -0.3 is 4.74 Å². The lowest BCUT2D eigenvalue weighted by molar-refractivity contribution is 0.0735. The monoisotopic (exact) mass is 304 g/mol. The van der Waals surface area contributed by atoms with Gasteiger partial charge in [-0.2, -0.15) is 0 Å². The van der Waals surface area contributed by atoms with E-state index in [0.29, 0.717) is 11.3 Å². The van der Waals surface area contributed by atoms with Gasteiger partial charge in [0.1, 0.15) is 5.75 Å². The molecule has 0 saturated heterocycles. The van der Waals surface area contributed by atoms with Crippen molar-refractivity contribution < 1.29 is 9.53 Å². The Bertz CT molecular complexity index is 806. The summed E-state index contributed by atoms with van der Waals surface area (Å²) in [6, 6.07) is 21.3. The van der Waals surface area contributed by atoms with Crippen molar-refractivity contribution in [3.63, 3.8) is 0 Å². The fraction of sp³-hybridized carbons (Fsp3) is 0.190. The van der Waals surface area contributed by atoms with E-state index < -0.39 is 0 Å². The average molecular weight is 304 g/mol. The summed E-state index contributed by atoms with van der Waals surface area (Å²) in [6.45, 7) is 2.16. The van der Waals surface area contributed by atoms with Crippen LogP contribution in [0.5, 0.6) is 5.75 Å². The molecule has 0 heterocycles. The van der Waals surface area contributed by atoms with Crippen LogP contribution >= 0.6 is 0 Å². The molecule has 0 amide bonds. The molecule has 116 valence electrons. The normalized spacial score (nSPS) is 10.7. The molecule has 0 aromatic heterocycles. The van der Waals surface area contributed by atoms with Gasteiger partial charge in [0.2, 0.25) is 0 Å². The van der Waals surface area contributed by atoms with Crippen LogP contribution in [0.2, 0.25) is 0 Å². The minimum Gasteiger partial charge on any atom is -0.423 e. The number of hydrogen-bond donors (Lipinski definition) is 0. The standard InChI is InChI=1S/C21H20O2/c1-2-3-9-17-15-14-16-10-7-8-13-19(16)20(17)21(22)23-18-11-5-4-6-12-18/h4-8,10-15H,2-3,9H2,1H3. The van der Waals surface area contributed by atoms with Crippen LogP contribution in [0.3, 0.4) is 0 Å². The highest BCUT2D eigenvalue weighted by Gasteiger charge is 2.17. The van der Waals surface area contributed by atoms with Crippen molar-refractivity contribution in [2.45, 2.75) is 26.2 Å². The molecule has 2 heteroatoms. The molecule has 0 aliphatic carbocycles. The number of unbranched alkanes of at least 4 members (excludes halogenated alkanes) is 1. The van der Waals surface area contributed by atoms with Crippen LogP contribution in [0, 0.1) is 0 Å². The Morgan fingerprint density at radius 2 is 1.65 bits per heavy atom. The van der Waals surface area contributed by atoms with Crippen LogP contribution in [0.25, 0.3) is 10.8 Å². The quantitative estimate of drug-likeness (QED) is 0.466. The Morgan fingerprint density at radius 3 is 2.43 bits per heavy atom. The maximum Gasteiger partial charge on any atom is 0.344 e. The molecule has 0 atom stereocenters. The molecule has 0 spiro atoms. The van der Waals surface area contributed by atoms with Crippen LogP contribution in [0.15, 0.2) is 66.7 Å². The number of carbonyl (C=O) groups is 1. The molecule has 23 heavy (non-hydrogen) atoms. The second-order valence-electron chi connectivity index (χ2n) is 5.63. The number of hydrogen-bond acceptors (Lipinski definition) is 2. The Labute approximate surface area is 136 Å². The maximum atomic E-state index is 12.8. The zero-order chi connectivity index (χ0) is 16.1. The van der Waals surface area contributed by atoms with Crippen molar-refractivity contribution in [3.8, 4) is 5.75 Å². The van der Waals surface area contributed by atoms with Crippen LogP contribution in [-0.4, -0.2) is 5.97 Å². The maximum absolute atomic E-state index is 12.8. The van der Waals surface area contributed by atoms with Gasteiger partial charge in [-0.3, -0.25) is 0 Å². The van der Waals surface area contributed by atoms with E-state index in [9.17, 15) is 4.79 Å². The Morgan fingerprint density at radius 1 is 0.913 bits per heavy atom. The zero-order valence-electron chi connectivity index (χ0n) is 13.3. The molecular formula is C21H20O2. The first-order valence-corrected chi connectivity index (χ1v) is 8.07. The van der Waals surface area contributed by atoms with Gasteiger partial charge in [0, 0.05) is 0 Å². The van der Waals surface area contributed by atoms with Crippen molar-refractivity contribution in [2.75, 3.05) is 0 Å². The fourth-order valence-corrected chi connectivity index (χ4v) is 2.78. The zero-order valence-corrected chi connectivity index (χ0v) is 13.3. The lowest BCUT2D eigenvalue weighted by Gasteiger charge is -2.12. The number of benzene rings is 3. The third kappa shape index (κ3) is 3.42. The first kappa shape index (κ1) is 15.3. The topological polar surface area (TPSA) is 26.3 Å². The Kier molecular flexibility index (Phi) is 4.72. The van der Waals surface area contributed by atoms with Gasteiger partial charge >= 0.3 is 5.97 Å². The van der Waals surface area contributed by atoms with Gasteiger partial charge in [-0.15, -0.1) is 0 Å². The van der Waals surface area contributed by atoms with Crippen LogP contribution in [0.1, 0.15) is 35.7 Å². The van der Waals surface area contributed by atoms with Gasteiger partial charge in [0.25, 0.3) is 0 Å². The van der Waals surface area contributed by atoms with Crippen LogP contribution in [0.4, 0.5) is 0 Å². The van der Waals surface area contributed by atoms with Gasteiger partial charge in [-0.25, -0.2) is 4.79 Å². The summed E-state index contributed by atoms with van der Waals surface area (Å²) in [5.74, 6) is 0.297. The molecule has 0 bridgehead atoms. The SMILES string of the molecule is CCCCc1ccc2ccccc2c1C(=O)Oc1ccccc1. The van der Waals surface area contributed by atoms with Crippen molar-refractivity contribution in [2.24, 2.45) is 0 Å². The molecule has 0 fully saturated rings. The number of rotatable bonds is 5. The second-order valence-corrected chi connectivity index (χ2v) is 5.63. The number of ether oxygens (including phenoxy) is 1. The first-order valence-electron chi connectivity index (χ1n) is 8.07. The second kappa shape index (κ2) is 7.10. The van der Waals surface area contributed by atoms with E-state index in [1.807, 2.05) is 42.5 Å². The van der Waals surface area contributed by atoms with E-state index in [4.69, 9.17) is 4.74 Å². The molecule has 0 aliphatic rings. The van der Waals surface area contributed by atoms with Gasteiger partial charge in [0.05, 0.1) is 5.56 Å². The smallest absolute Gasteiger partial charge is 0.344 e. The predicted octanol–water partition coefficient (Wildman–Crippen LogP) is 5.40. The van der Waals surface area contributed by atoms with Crippen molar-refractivity contribution in [3.05, 3.63) is 77.9 Å². The fourth-order valence-electron chi connectivity index (χ4n) is 2.78. The summed E-state index contributed by atoms with van der Waals surface area (Å²) in [6.07, 6.45) is 3.05. The molecule has 3 aromatic carbocycles. The van der Waals surface area contributed by atoms with Gasteiger partial charge in [0.15, 0.2) is 0 Å².